The summed E-state index contributed by atoms with van der Waals surface area (Å²) in [6.07, 6.45) is 2.51. The molecule has 0 radical (unpaired) electrons. The fourth-order valence-corrected chi connectivity index (χ4v) is 3.07. The molecule has 3 aromatic carbocycles. The van der Waals surface area contributed by atoms with Gasteiger partial charge in [0, 0.05) is 48.6 Å². The van der Waals surface area contributed by atoms with Gasteiger partial charge >= 0.3 is 0 Å². The van der Waals surface area contributed by atoms with Crippen LogP contribution in [0.15, 0.2) is 85.1 Å². The van der Waals surface area contributed by atoms with E-state index < -0.39 is 0 Å². The van der Waals surface area contributed by atoms with E-state index in [-0.39, 0.29) is 18.5 Å². The number of carbonyl (C=O) groups is 3. The van der Waals surface area contributed by atoms with Crippen LogP contribution in [0.3, 0.4) is 0 Å². The van der Waals surface area contributed by atoms with Gasteiger partial charge in [0.15, 0.2) is 12.6 Å². The van der Waals surface area contributed by atoms with Crippen LogP contribution in [0.4, 0.5) is 5.69 Å². The molecule has 4 aromatic rings. The molecule has 0 unspecified atom stereocenters. The molecule has 4 rings (SSSR count). The van der Waals surface area contributed by atoms with E-state index in [1.54, 1.807) is 38.4 Å². The molecule has 1 aromatic heterocycles. The van der Waals surface area contributed by atoms with Gasteiger partial charge in [0.1, 0.15) is 0 Å². The molecular formula is C26H26ClN3O3. The van der Waals surface area contributed by atoms with Crippen molar-refractivity contribution in [1.82, 2.24) is 9.47 Å². The molecule has 33 heavy (non-hydrogen) atoms. The van der Waals surface area contributed by atoms with Crippen LogP contribution >= 0.6 is 11.6 Å². The molecule has 0 aliphatic carbocycles. The predicted molar refractivity (Wildman–Crippen MR) is 133 cm³/mol. The fourth-order valence-electron chi connectivity index (χ4n) is 2.95. The van der Waals surface area contributed by atoms with E-state index in [2.05, 4.69) is 53.2 Å². The lowest BCUT2D eigenvalue weighted by Gasteiger charge is -2.09. The minimum Gasteiger partial charge on any atom is -0.399 e. The van der Waals surface area contributed by atoms with Crippen LogP contribution in [-0.2, 0) is 16.1 Å². The maximum Gasteiger partial charge on any atom is 0.253 e. The highest BCUT2D eigenvalue weighted by Gasteiger charge is 2.05. The molecule has 6 nitrogen and oxygen atoms in total. The lowest BCUT2D eigenvalue weighted by atomic mass is 10.2. The number of hydrogen-bond donors (Lipinski definition) is 1. The average Bonchev–Trinajstić information content (AvgIpc) is 3.24. The number of amides is 1. The van der Waals surface area contributed by atoms with Gasteiger partial charge in [-0.15, -0.1) is 0 Å². The Morgan fingerprint density at radius 1 is 0.909 bits per heavy atom. The van der Waals surface area contributed by atoms with E-state index in [1.807, 2.05) is 12.1 Å². The smallest absolute Gasteiger partial charge is 0.253 e. The molecule has 1 amide bonds. The van der Waals surface area contributed by atoms with Gasteiger partial charge in [0.05, 0.1) is 0 Å². The molecule has 0 saturated heterocycles. The van der Waals surface area contributed by atoms with Crippen molar-refractivity contribution in [2.75, 3.05) is 19.8 Å². The van der Waals surface area contributed by atoms with Crippen molar-refractivity contribution in [2.24, 2.45) is 0 Å². The highest BCUT2D eigenvalue weighted by atomic mass is 35.5. The van der Waals surface area contributed by atoms with Gasteiger partial charge in [-0.3, -0.25) is 14.4 Å². The summed E-state index contributed by atoms with van der Waals surface area (Å²) in [6, 6.07) is 25.4. The van der Waals surface area contributed by atoms with Crippen LogP contribution in [0, 0.1) is 0 Å². The van der Waals surface area contributed by atoms with E-state index in [4.69, 9.17) is 26.9 Å². The molecule has 7 heteroatoms. The first-order chi connectivity index (χ1) is 15.8. The summed E-state index contributed by atoms with van der Waals surface area (Å²) in [4.78, 5) is 30.5. The van der Waals surface area contributed by atoms with Crippen LogP contribution in [0.1, 0.15) is 15.9 Å². The number of aldehydes is 2. The van der Waals surface area contributed by atoms with Crippen molar-refractivity contribution in [3.8, 4) is 0 Å². The maximum atomic E-state index is 11.3. The number of nitrogen functional groups attached to an aromatic ring is 1. The Kier molecular flexibility index (Phi) is 9.86. The fraction of sp³-hybridized carbons (Fsp3) is 0.115. The molecule has 0 fully saturated rings. The Bertz CT molecular complexity index is 1180. The maximum absolute atomic E-state index is 11.3. The van der Waals surface area contributed by atoms with Crippen molar-refractivity contribution in [3.05, 3.63) is 101 Å². The summed E-state index contributed by atoms with van der Waals surface area (Å²) >= 11 is 5.88. The monoisotopic (exact) mass is 463 g/mol. The molecule has 0 spiro atoms. The predicted octanol–water partition coefficient (Wildman–Crippen LogP) is 4.70. The first kappa shape index (κ1) is 25.4. The molecule has 0 bridgehead atoms. The number of anilines is 1. The molecule has 0 aliphatic heterocycles. The van der Waals surface area contributed by atoms with E-state index >= 15 is 0 Å². The lowest BCUT2D eigenvalue weighted by Crippen LogP contribution is -2.21. The highest BCUT2D eigenvalue weighted by molar-refractivity contribution is 6.30. The summed E-state index contributed by atoms with van der Waals surface area (Å²) < 4.78 is 2.25. The zero-order valence-corrected chi connectivity index (χ0v) is 19.3. The second-order valence-electron chi connectivity index (χ2n) is 7.22. The third kappa shape index (κ3) is 7.94. The number of carbonyl (C=O) groups excluding carboxylic acids is 3. The highest BCUT2D eigenvalue weighted by Crippen LogP contribution is 2.17. The molecule has 0 saturated carbocycles. The normalized spacial score (nSPS) is 9.67. The van der Waals surface area contributed by atoms with Crippen molar-refractivity contribution in [1.29, 1.82) is 0 Å². The van der Waals surface area contributed by atoms with Crippen LogP contribution in [0.5, 0.6) is 0 Å². The Balaban J connectivity index is 0.000000211. The minimum absolute atomic E-state index is 0.00463. The van der Waals surface area contributed by atoms with Gasteiger partial charge in [0.2, 0.25) is 0 Å². The average molecular weight is 464 g/mol. The molecule has 0 atom stereocenters. The van der Waals surface area contributed by atoms with E-state index in [0.717, 1.165) is 11.6 Å². The minimum atomic E-state index is -0.00463. The van der Waals surface area contributed by atoms with Gasteiger partial charge < -0.3 is 15.2 Å². The topological polar surface area (TPSA) is 85.4 Å². The van der Waals surface area contributed by atoms with Crippen molar-refractivity contribution >= 4 is 46.7 Å². The molecule has 0 aliphatic rings. The molecule has 2 N–H and O–H groups in total. The standard InChI is InChI=1S/C15H12ClN.C9H12N2O.C2H2O2/c16-14-7-5-12(6-8-14)11-17-10-9-13-3-1-2-4-15(13)17;1-11(2)9(12)7-3-5-8(10)6-4-7;3-1-2-4/h1-10H,11H2;3-6H,10H2,1-2H3;1-2H. The van der Waals surface area contributed by atoms with Gasteiger partial charge in [-0.1, -0.05) is 41.9 Å². The quantitative estimate of drug-likeness (QED) is 0.270. The number of hydrogen-bond acceptors (Lipinski definition) is 4. The van der Waals surface area contributed by atoms with E-state index in [0.29, 0.717) is 11.3 Å². The third-order valence-electron chi connectivity index (χ3n) is 4.57. The van der Waals surface area contributed by atoms with Crippen molar-refractivity contribution < 1.29 is 14.4 Å². The lowest BCUT2D eigenvalue weighted by molar-refractivity contribution is -0.122. The van der Waals surface area contributed by atoms with Crippen molar-refractivity contribution in [3.63, 3.8) is 0 Å². The van der Waals surface area contributed by atoms with Gasteiger partial charge in [-0.05, 0) is 59.5 Å². The van der Waals surface area contributed by atoms with Crippen LogP contribution in [-0.4, -0.2) is 42.0 Å². The van der Waals surface area contributed by atoms with E-state index in [1.165, 1.54) is 21.4 Å². The molecule has 1 heterocycles. The summed E-state index contributed by atoms with van der Waals surface area (Å²) in [7, 11) is 3.44. The third-order valence-corrected chi connectivity index (χ3v) is 4.82. The largest absolute Gasteiger partial charge is 0.399 e. The zero-order valence-electron chi connectivity index (χ0n) is 18.5. The summed E-state index contributed by atoms with van der Waals surface area (Å²) in [5, 5.41) is 2.06. The van der Waals surface area contributed by atoms with Gasteiger partial charge in [0.25, 0.3) is 5.91 Å². The molecule has 170 valence electrons. The number of nitrogens with zero attached hydrogens (tertiary/aromatic N) is 2. The number of halogens is 1. The second kappa shape index (κ2) is 12.8. The Labute approximate surface area is 198 Å². The first-order valence-electron chi connectivity index (χ1n) is 10.1. The van der Waals surface area contributed by atoms with Crippen LogP contribution in [0.25, 0.3) is 10.9 Å². The number of para-hydroxylation sites is 1. The van der Waals surface area contributed by atoms with Crippen LogP contribution < -0.4 is 5.73 Å². The molecular weight excluding hydrogens is 438 g/mol. The van der Waals surface area contributed by atoms with Crippen LogP contribution in [0.2, 0.25) is 5.02 Å². The summed E-state index contributed by atoms with van der Waals surface area (Å²) in [5.41, 5.74) is 9.34. The summed E-state index contributed by atoms with van der Waals surface area (Å²) in [6.45, 7) is 0.880. The Morgan fingerprint density at radius 3 is 2.09 bits per heavy atom. The Hall–Kier alpha value is -3.90. The van der Waals surface area contributed by atoms with E-state index in [9.17, 15) is 4.79 Å². The number of nitrogens with two attached hydrogens (primary N) is 1. The SMILES string of the molecule is CN(C)C(=O)c1ccc(N)cc1.Clc1ccc(Cn2ccc3ccccc32)cc1.O=CC=O. The number of aromatic nitrogens is 1. The number of benzene rings is 3. The van der Waals surface area contributed by atoms with Gasteiger partial charge in [-0.25, -0.2) is 0 Å². The second-order valence-corrected chi connectivity index (χ2v) is 7.66. The Morgan fingerprint density at radius 2 is 1.52 bits per heavy atom. The first-order valence-corrected chi connectivity index (χ1v) is 10.5. The summed E-state index contributed by atoms with van der Waals surface area (Å²) in [5.74, 6) is -0.00463. The number of fused-ring (bicyclic) bond motifs is 1. The zero-order chi connectivity index (χ0) is 24.2. The number of rotatable bonds is 4. The van der Waals surface area contributed by atoms with Crippen molar-refractivity contribution in [2.45, 2.75) is 6.54 Å². The van der Waals surface area contributed by atoms with Gasteiger partial charge in [-0.2, -0.15) is 0 Å².